The molecule has 0 saturated carbocycles. The Morgan fingerprint density at radius 2 is 1.88 bits per heavy atom. The van der Waals surface area contributed by atoms with Crippen LogP contribution in [0.2, 0.25) is 0 Å². The van der Waals surface area contributed by atoms with Crippen molar-refractivity contribution < 1.29 is 0 Å². The molecule has 6 heteroatoms. The lowest BCUT2D eigenvalue weighted by molar-refractivity contribution is 0.693. The van der Waals surface area contributed by atoms with E-state index in [4.69, 9.17) is 5.10 Å². The van der Waals surface area contributed by atoms with Crippen molar-refractivity contribution in [3.05, 3.63) is 59.7 Å². The van der Waals surface area contributed by atoms with Crippen molar-refractivity contribution in [1.29, 1.82) is 0 Å². The summed E-state index contributed by atoms with van der Waals surface area (Å²) in [5.41, 5.74) is 3.28. The van der Waals surface area contributed by atoms with E-state index < -0.39 is 0 Å². The van der Waals surface area contributed by atoms with Gasteiger partial charge in [0.2, 0.25) is 0 Å². The molecule has 5 rings (SSSR count). The lowest BCUT2D eigenvalue weighted by atomic mass is 10.0. The van der Waals surface area contributed by atoms with Crippen LogP contribution >= 0.6 is 0 Å². The summed E-state index contributed by atoms with van der Waals surface area (Å²) < 4.78 is 1.84. The van der Waals surface area contributed by atoms with Crippen LogP contribution in [0, 0.1) is 6.92 Å². The van der Waals surface area contributed by atoms with Crippen molar-refractivity contribution >= 4 is 22.2 Å². The Morgan fingerprint density at radius 1 is 1.00 bits per heavy atom. The zero-order valence-corrected chi connectivity index (χ0v) is 13.3. The van der Waals surface area contributed by atoms with E-state index in [1.54, 1.807) is 0 Å². The Hall–Kier alpha value is -3.02. The van der Waals surface area contributed by atoms with E-state index in [2.05, 4.69) is 38.3 Å². The Labute approximate surface area is 138 Å². The van der Waals surface area contributed by atoms with Gasteiger partial charge in [0, 0.05) is 42.2 Å². The van der Waals surface area contributed by atoms with Gasteiger partial charge in [0.15, 0.2) is 17.3 Å². The number of nitrogens with zero attached hydrogens (tertiary/aromatic N) is 6. The number of rotatable bonds is 1. The van der Waals surface area contributed by atoms with Gasteiger partial charge in [-0.2, -0.15) is 4.52 Å². The number of pyridine rings is 1. The van der Waals surface area contributed by atoms with E-state index in [1.807, 2.05) is 35.8 Å². The zero-order chi connectivity index (χ0) is 16.1. The van der Waals surface area contributed by atoms with Crippen LogP contribution < -0.4 is 4.90 Å². The van der Waals surface area contributed by atoms with E-state index in [0.717, 1.165) is 47.6 Å². The van der Waals surface area contributed by atoms with Crippen molar-refractivity contribution in [1.82, 2.24) is 24.8 Å². The molecular formula is C18H16N6. The third-order valence-corrected chi connectivity index (χ3v) is 4.66. The van der Waals surface area contributed by atoms with Crippen molar-refractivity contribution in [2.24, 2.45) is 0 Å². The Balaban J connectivity index is 1.72. The van der Waals surface area contributed by atoms with Crippen LogP contribution in [-0.2, 0) is 13.0 Å². The highest BCUT2D eigenvalue weighted by Gasteiger charge is 2.22. The highest BCUT2D eigenvalue weighted by molar-refractivity contribution is 6.00. The molecule has 4 heterocycles. The summed E-state index contributed by atoms with van der Waals surface area (Å²) in [5.74, 6) is 1.78. The van der Waals surface area contributed by atoms with Gasteiger partial charge in [-0.15, -0.1) is 15.3 Å². The average molecular weight is 316 g/mol. The molecule has 0 saturated heterocycles. The van der Waals surface area contributed by atoms with E-state index in [-0.39, 0.29) is 0 Å². The molecule has 0 amide bonds. The third kappa shape index (κ3) is 1.89. The molecule has 24 heavy (non-hydrogen) atoms. The van der Waals surface area contributed by atoms with Gasteiger partial charge in [-0.3, -0.25) is 4.98 Å². The fourth-order valence-corrected chi connectivity index (χ4v) is 3.45. The molecule has 118 valence electrons. The molecular weight excluding hydrogens is 300 g/mol. The van der Waals surface area contributed by atoms with E-state index in [1.165, 1.54) is 11.3 Å². The van der Waals surface area contributed by atoms with Gasteiger partial charge in [-0.1, -0.05) is 30.3 Å². The molecule has 1 aromatic carbocycles. The maximum Gasteiger partial charge on any atom is 0.185 e. The molecule has 1 aliphatic rings. The van der Waals surface area contributed by atoms with Gasteiger partial charge in [-0.25, -0.2) is 0 Å². The molecule has 0 aliphatic carbocycles. The second-order valence-corrected chi connectivity index (χ2v) is 6.13. The van der Waals surface area contributed by atoms with Crippen LogP contribution in [0.3, 0.4) is 0 Å². The quantitative estimate of drug-likeness (QED) is 0.540. The van der Waals surface area contributed by atoms with Gasteiger partial charge in [0.1, 0.15) is 0 Å². The number of aryl methyl sites for hydroxylation is 1. The van der Waals surface area contributed by atoms with Gasteiger partial charge < -0.3 is 4.90 Å². The van der Waals surface area contributed by atoms with Crippen LogP contribution in [-0.4, -0.2) is 31.3 Å². The Morgan fingerprint density at radius 3 is 2.79 bits per heavy atom. The van der Waals surface area contributed by atoms with Gasteiger partial charge in [0.25, 0.3) is 0 Å². The van der Waals surface area contributed by atoms with Gasteiger partial charge >= 0.3 is 0 Å². The maximum absolute atomic E-state index is 4.86. The van der Waals surface area contributed by atoms with Crippen LogP contribution in [0.25, 0.3) is 16.4 Å². The number of anilines is 1. The molecule has 0 bridgehead atoms. The predicted molar refractivity (Wildman–Crippen MR) is 92.0 cm³/mol. The zero-order valence-electron chi connectivity index (χ0n) is 13.3. The average Bonchev–Trinajstić information content (AvgIpc) is 3.02. The monoisotopic (exact) mass is 316 g/mol. The summed E-state index contributed by atoms with van der Waals surface area (Å²) in [5, 5.41) is 15.5. The molecule has 1 aliphatic heterocycles. The van der Waals surface area contributed by atoms with E-state index in [9.17, 15) is 0 Å². The van der Waals surface area contributed by atoms with E-state index in [0.29, 0.717) is 0 Å². The normalized spacial score (nSPS) is 14.3. The Bertz CT molecular complexity index is 1070. The van der Waals surface area contributed by atoms with Crippen molar-refractivity contribution in [2.75, 3.05) is 11.4 Å². The highest BCUT2D eigenvalue weighted by Crippen LogP contribution is 2.30. The minimum absolute atomic E-state index is 0.802. The first-order chi connectivity index (χ1) is 11.8. The fraction of sp³-hybridized carbons (Fsp3) is 0.222. The lowest BCUT2D eigenvalue weighted by Gasteiger charge is -2.29. The summed E-state index contributed by atoms with van der Waals surface area (Å²) in [6.07, 6.45) is 2.81. The molecule has 0 fully saturated rings. The topological polar surface area (TPSA) is 59.2 Å². The summed E-state index contributed by atoms with van der Waals surface area (Å²) in [6, 6.07) is 12.4. The second kappa shape index (κ2) is 4.99. The third-order valence-electron chi connectivity index (χ3n) is 4.66. The first-order valence-corrected chi connectivity index (χ1v) is 8.10. The lowest BCUT2D eigenvalue weighted by Crippen LogP contribution is -2.32. The summed E-state index contributed by atoms with van der Waals surface area (Å²) in [7, 11) is 0. The first-order valence-electron chi connectivity index (χ1n) is 8.10. The minimum atomic E-state index is 0.802. The molecule has 0 radical (unpaired) electrons. The van der Waals surface area contributed by atoms with Crippen LogP contribution in [0.15, 0.2) is 42.6 Å². The largest absolute Gasteiger partial charge is 0.350 e. The standard InChI is InChI=1S/C18H16N6/c1-12-20-21-17-14-6-2-3-7-15(14)18(22-24(12)17)23-10-8-16-13(11-23)5-4-9-19-16/h2-7,9H,8,10-11H2,1H3. The summed E-state index contributed by atoms with van der Waals surface area (Å²) in [4.78, 5) is 6.82. The smallest absolute Gasteiger partial charge is 0.185 e. The molecule has 4 aromatic rings. The minimum Gasteiger partial charge on any atom is -0.350 e. The van der Waals surface area contributed by atoms with Crippen molar-refractivity contribution in [3.8, 4) is 0 Å². The van der Waals surface area contributed by atoms with Gasteiger partial charge in [0.05, 0.1) is 0 Å². The second-order valence-electron chi connectivity index (χ2n) is 6.13. The maximum atomic E-state index is 4.86. The number of aromatic nitrogens is 5. The molecule has 0 atom stereocenters. The van der Waals surface area contributed by atoms with E-state index >= 15 is 0 Å². The van der Waals surface area contributed by atoms with Crippen LogP contribution in [0.5, 0.6) is 0 Å². The van der Waals surface area contributed by atoms with Crippen molar-refractivity contribution in [2.45, 2.75) is 19.9 Å². The predicted octanol–water partition coefficient (Wildman–Crippen LogP) is 2.54. The SMILES string of the molecule is Cc1nnc2c3ccccc3c(N3CCc4ncccc4C3)nn12. The van der Waals surface area contributed by atoms with Crippen LogP contribution in [0.1, 0.15) is 17.1 Å². The number of fused-ring (bicyclic) bond motifs is 4. The summed E-state index contributed by atoms with van der Waals surface area (Å²) >= 11 is 0. The first kappa shape index (κ1) is 13.4. The van der Waals surface area contributed by atoms with Gasteiger partial charge in [-0.05, 0) is 18.6 Å². The van der Waals surface area contributed by atoms with Crippen LogP contribution in [0.4, 0.5) is 5.82 Å². The van der Waals surface area contributed by atoms with Crippen molar-refractivity contribution in [3.63, 3.8) is 0 Å². The fourth-order valence-electron chi connectivity index (χ4n) is 3.45. The molecule has 0 N–H and O–H groups in total. The highest BCUT2D eigenvalue weighted by atomic mass is 15.4. The number of hydrogen-bond donors (Lipinski definition) is 0. The molecule has 6 nitrogen and oxygen atoms in total. The molecule has 0 unspecified atom stereocenters. The number of benzene rings is 1. The Kier molecular flexibility index (Phi) is 2.79. The molecule has 0 spiro atoms. The number of hydrogen-bond acceptors (Lipinski definition) is 5. The summed E-state index contributed by atoms with van der Waals surface area (Å²) in [6.45, 7) is 3.67. The molecule has 3 aromatic heterocycles.